The van der Waals surface area contributed by atoms with Gasteiger partial charge in [0, 0.05) is 19.1 Å². The lowest BCUT2D eigenvalue weighted by Crippen LogP contribution is -2.31. The van der Waals surface area contributed by atoms with Crippen LogP contribution in [0.3, 0.4) is 0 Å². The zero-order valence-corrected chi connectivity index (χ0v) is 11.0. The van der Waals surface area contributed by atoms with E-state index >= 15 is 0 Å². The van der Waals surface area contributed by atoms with Crippen molar-refractivity contribution in [2.24, 2.45) is 0 Å². The van der Waals surface area contributed by atoms with Gasteiger partial charge < -0.3 is 10.1 Å². The third-order valence-electron chi connectivity index (χ3n) is 2.85. The number of anilines is 2. The number of rotatable bonds is 3. The van der Waals surface area contributed by atoms with E-state index in [-0.39, 0.29) is 29.9 Å². The van der Waals surface area contributed by atoms with Crippen LogP contribution in [0.1, 0.15) is 13.8 Å². The molecule has 0 aliphatic carbocycles. The number of amides is 2. The van der Waals surface area contributed by atoms with Crippen molar-refractivity contribution in [3.05, 3.63) is 28.3 Å². The molecule has 106 valence electrons. The second kappa shape index (κ2) is 5.16. The van der Waals surface area contributed by atoms with Crippen LogP contribution in [0.15, 0.2) is 18.2 Å². The number of ether oxygens (including phenoxy) is 1. The van der Waals surface area contributed by atoms with Crippen molar-refractivity contribution in [1.29, 1.82) is 0 Å². The molecule has 1 fully saturated rings. The summed E-state index contributed by atoms with van der Waals surface area (Å²) in [6.45, 7) is 3.30. The Hall–Kier alpha value is -2.64. The summed E-state index contributed by atoms with van der Waals surface area (Å²) < 4.78 is 4.91. The predicted octanol–water partition coefficient (Wildman–Crippen LogP) is 1.90. The lowest BCUT2D eigenvalue weighted by Gasteiger charge is -2.21. The third kappa shape index (κ3) is 2.53. The molecule has 0 spiro atoms. The summed E-state index contributed by atoms with van der Waals surface area (Å²) in [7, 11) is 0. The quantitative estimate of drug-likeness (QED) is 0.672. The molecule has 1 heterocycles. The fraction of sp³-hybridized carbons (Fsp3) is 0.333. The van der Waals surface area contributed by atoms with E-state index in [0.29, 0.717) is 5.69 Å². The summed E-state index contributed by atoms with van der Waals surface area (Å²) in [6, 6.07) is 3.71. The van der Waals surface area contributed by atoms with E-state index in [1.165, 1.54) is 30.0 Å². The second-order valence-corrected chi connectivity index (χ2v) is 4.44. The van der Waals surface area contributed by atoms with E-state index in [2.05, 4.69) is 5.32 Å². The minimum atomic E-state index is -0.569. The van der Waals surface area contributed by atoms with E-state index in [9.17, 15) is 19.7 Å². The molecule has 1 aliphatic rings. The average molecular weight is 279 g/mol. The molecule has 1 aromatic carbocycles. The van der Waals surface area contributed by atoms with Crippen LogP contribution in [0.4, 0.5) is 21.9 Å². The van der Waals surface area contributed by atoms with E-state index in [1.54, 1.807) is 6.92 Å². The molecule has 1 aromatic rings. The Labute approximate surface area is 114 Å². The number of benzene rings is 1. The number of cyclic esters (lactones) is 1. The van der Waals surface area contributed by atoms with Gasteiger partial charge >= 0.3 is 6.09 Å². The second-order valence-electron chi connectivity index (χ2n) is 4.44. The lowest BCUT2D eigenvalue weighted by molar-refractivity contribution is -0.384. The normalized spacial score (nSPS) is 17.8. The number of carbonyl (C=O) groups excluding carboxylic acids is 2. The number of non-ortho nitro benzene ring substituents is 1. The third-order valence-corrected chi connectivity index (χ3v) is 2.85. The van der Waals surface area contributed by atoms with Gasteiger partial charge in [0.1, 0.15) is 6.61 Å². The SMILES string of the molecule is CC(=O)Nc1cc([N+](=O)[O-])ccc1N1C(=O)OCC1C. The fourth-order valence-corrected chi connectivity index (χ4v) is 1.99. The number of carbonyl (C=O) groups is 2. The molecule has 20 heavy (non-hydrogen) atoms. The molecule has 0 saturated carbocycles. The molecule has 1 N–H and O–H groups in total. The summed E-state index contributed by atoms with van der Waals surface area (Å²) in [5, 5.41) is 13.3. The molecule has 8 heteroatoms. The topological polar surface area (TPSA) is 102 Å². The Balaban J connectivity index is 2.48. The molecule has 0 radical (unpaired) electrons. The van der Waals surface area contributed by atoms with E-state index in [0.717, 1.165) is 0 Å². The maximum Gasteiger partial charge on any atom is 0.414 e. The Kier molecular flexibility index (Phi) is 3.55. The molecule has 8 nitrogen and oxygen atoms in total. The van der Waals surface area contributed by atoms with Crippen LogP contribution in [0.5, 0.6) is 0 Å². The van der Waals surface area contributed by atoms with Gasteiger partial charge in [0.25, 0.3) is 5.69 Å². The van der Waals surface area contributed by atoms with E-state index < -0.39 is 11.0 Å². The van der Waals surface area contributed by atoms with Crippen LogP contribution < -0.4 is 10.2 Å². The number of nitro benzene ring substituents is 1. The largest absolute Gasteiger partial charge is 0.447 e. The molecule has 0 bridgehead atoms. The number of hydrogen-bond donors (Lipinski definition) is 1. The van der Waals surface area contributed by atoms with Gasteiger partial charge in [0.2, 0.25) is 5.91 Å². The number of hydrogen-bond acceptors (Lipinski definition) is 5. The minimum Gasteiger partial charge on any atom is -0.447 e. The first-order chi connectivity index (χ1) is 9.40. The van der Waals surface area contributed by atoms with Gasteiger partial charge in [-0.25, -0.2) is 4.79 Å². The van der Waals surface area contributed by atoms with Gasteiger partial charge in [-0.3, -0.25) is 19.8 Å². The Bertz CT molecular complexity index is 586. The van der Waals surface area contributed by atoms with Crippen molar-refractivity contribution in [3.8, 4) is 0 Å². The van der Waals surface area contributed by atoms with Crippen molar-refractivity contribution >= 4 is 29.1 Å². The molecule has 1 atom stereocenters. The highest BCUT2D eigenvalue weighted by molar-refractivity contribution is 5.99. The zero-order valence-electron chi connectivity index (χ0n) is 11.0. The van der Waals surface area contributed by atoms with Crippen LogP contribution in [-0.2, 0) is 9.53 Å². The first-order valence-corrected chi connectivity index (χ1v) is 5.92. The summed E-state index contributed by atoms with van der Waals surface area (Å²) >= 11 is 0. The van der Waals surface area contributed by atoms with Crippen molar-refractivity contribution < 1.29 is 19.2 Å². The fourth-order valence-electron chi connectivity index (χ4n) is 1.99. The molecular weight excluding hydrogens is 266 g/mol. The van der Waals surface area contributed by atoms with Gasteiger partial charge in [-0.15, -0.1) is 0 Å². The highest BCUT2D eigenvalue weighted by Gasteiger charge is 2.33. The first kappa shape index (κ1) is 13.8. The van der Waals surface area contributed by atoms with Crippen molar-refractivity contribution in [2.45, 2.75) is 19.9 Å². The predicted molar refractivity (Wildman–Crippen MR) is 70.7 cm³/mol. The van der Waals surface area contributed by atoms with Gasteiger partial charge in [0.05, 0.1) is 22.3 Å². The monoisotopic (exact) mass is 279 g/mol. The zero-order chi connectivity index (χ0) is 14.9. The van der Waals surface area contributed by atoms with Crippen molar-refractivity contribution in [2.75, 3.05) is 16.8 Å². The molecule has 1 aliphatic heterocycles. The smallest absolute Gasteiger partial charge is 0.414 e. The Morgan fingerprint density at radius 3 is 2.75 bits per heavy atom. The first-order valence-electron chi connectivity index (χ1n) is 5.92. The van der Waals surface area contributed by atoms with Gasteiger partial charge in [-0.05, 0) is 13.0 Å². The molecule has 1 unspecified atom stereocenters. The molecule has 2 rings (SSSR count). The van der Waals surface area contributed by atoms with Crippen LogP contribution in [0.25, 0.3) is 0 Å². The molecular formula is C12H13N3O5. The average Bonchev–Trinajstić information content (AvgIpc) is 2.68. The Morgan fingerprint density at radius 1 is 1.55 bits per heavy atom. The number of nitro groups is 1. The summed E-state index contributed by atoms with van der Waals surface area (Å²) in [5.74, 6) is -0.382. The van der Waals surface area contributed by atoms with Crippen molar-refractivity contribution in [1.82, 2.24) is 0 Å². The highest BCUT2D eigenvalue weighted by Crippen LogP contribution is 2.33. The van der Waals surface area contributed by atoms with Crippen LogP contribution >= 0.6 is 0 Å². The lowest BCUT2D eigenvalue weighted by atomic mass is 10.2. The van der Waals surface area contributed by atoms with E-state index in [1.807, 2.05) is 0 Å². The summed E-state index contributed by atoms with van der Waals surface area (Å²) in [6.07, 6.45) is -0.544. The molecule has 0 aromatic heterocycles. The van der Waals surface area contributed by atoms with Crippen LogP contribution in [-0.4, -0.2) is 29.6 Å². The Morgan fingerprint density at radius 2 is 2.25 bits per heavy atom. The standard InChI is InChI=1S/C12H13N3O5/c1-7-6-20-12(17)14(7)11-4-3-9(15(18)19)5-10(11)13-8(2)16/h3-5,7H,6H2,1-2H3,(H,13,16). The van der Waals surface area contributed by atoms with Gasteiger partial charge in [-0.2, -0.15) is 0 Å². The molecule has 2 amide bonds. The maximum absolute atomic E-state index is 11.7. The van der Waals surface area contributed by atoms with Gasteiger partial charge in [0.15, 0.2) is 0 Å². The molecule has 1 saturated heterocycles. The summed E-state index contributed by atoms with van der Waals surface area (Å²) in [4.78, 5) is 34.5. The minimum absolute atomic E-state index is 0.169. The van der Waals surface area contributed by atoms with Gasteiger partial charge in [-0.1, -0.05) is 0 Å². The number of nitrogens with zero attached hydrogens (tertiary/aromatic N) is 2. The van der Waals surface area contributed by atoms with Crippen molar-refractivity contribution in [3.63, 3.8) is 0 Å². The van der Waals surface area contributed by atoms with E-state index in [4.69, 9.17) is 4.74 Å². The van der Waals surface area contributed by atoms with Crippen LogP contribution in [0.2, 0.25) is 0 Å². The highest BCUT2D eigenvalue weighted by atomic mass is 16.6. The maximum atomic E-state index is 11.7. The van der Waals surface area contributed by atoms with Crippen LogP contribution in [0, 0.1) is 10.1 Å². The summed E-state index contributed by atoms with van der Waals surface area (Å²) in [5.41, 5.74) is 0.413. The number of nitrogens with one attached hydrogen (secondary N) is 1.